The number of fused-ring (bicyclic) bond motifs is 1. The standard InChI is InChI=1S/C18H29N3O7/c1-18(21(6-7-22)10-17(27)28)11-19(8-15(23)24)13-4-2-3-5-14(13)20(12-18)9-16(25)26/h7,13-14H,2-6,8-12H2,1H3,(H,23,24)(H,25,26)(H,27,28)/t13-,14+,18?. The molecule has 2 rings (SSSR count). The molecule has 1 saturated heterocycles. The first-order valence-corrected chi connectivity index (χ1v) is 9.48. The van der Waals surface area contributed by atoms with Crippen molar-refractivity contribution in [2.45, 2.75) is 50.2 Å². The predicted octanol–water partition coefficient (Wildman–Crippen LogP) is -0.571. The molecule has 1 unspecified atom stereocenters. The number of nitrogens with zero attached hydrogens (tertiary/aromatic N) is 3. The Labute approximate surface area is 163 Å². The van der Waals surface area contributed by atoms with Crippen LogP contribution in [0.15, 0.2) is 0 Å². The molecule has 0 radical (unpaired) electrons. The fourth-order valence-corrected chi connectivity index (χ4v) is 4.73. The number of aldehydes is 1. The number of carboxylic acid groups (broad SMARTS) is 3. The largest absolute Gasteiger partial charge is 0.480 e. The molecule has 0 aromatic heterocycles. The summed E-state index contributed by atoms with van der Waals surface area (Å²) in [5.74, 6) is -3.07. The third kappa shape index (κ3) is 5.49. The van der Waals surface area contributed by atoms with Gasteiger partial charge in [-0.05, 0) is 19.8 Å². The third-order valence-electron chi connectivity index (χ3n) is 5.78. The monoisotopic (exact) mass is 399 g/mol. The van der Waals surface area contributed by atoms with Crippen LogP contribution in [0, 0.1) is 0 Å². The van der Waals surface area contributed by atoms with Crippen molar-refractivity contribution in [1.82, 2.24) is 14.7 Å². The molecule has 1 saturated carbocycles. The van der Waals surface area contributed by atoms with E-state index >= 15 is 0 Å². The van der Waals surface area contributed by atoms with Gasteiger partial charge in [0, 0.05) is 30.7 Å². The van der Waals surface area contributed by atoms with Crippen molar-refractivity contribution < 1.29 is 34.5 Å². The van der Waals surface area contributed by atoms with Crippen LogP contribution in [0.5, 0.6) is 0 Å². The van der Waals surface area contributed by atoms with E-state index in [9.17, 15) is 34.5 Å². The van der Waals surface area contributed by atoms with Crippen LogP contribution >= 0.6 is 0 Å². The van der Waals surface area contributed by atoms with Gasteiger partial charge in [0.05, 0.1) is 26.2 Å². The highest BCUT2D eigenvalue weighted by Gasteiger charge is 2.46. The Balaban J connectivity index is 2.45. The summed E-state index contributed by atoms with van der Waals surface area (Å²) in [6.45, 7) is 1.35. The van der Waals surface area contributed by atoms with E-state index in [1.54, 1.807) is 6.92 Å². The van der Waals surface area contributed by atoms with Crippen molar-refractivity contribution in [1.29, 1.82) is 0 Å². The molecule has 2 aliphatic rings. The highest BCUT2D eigenvalue weighted by molar-refractivity contribution is 5.70. The Hall–Kier alpha value is -2.04. The van der Waals surface area contributed by atoms with Crippen LogP contribution in [-0.4, -0.2) is 111 Å². The molecule has 0 amide bonds. The van der Waals surface area contributed by atoms with Gasteiger partial charge < -0.3 is 20.1 Å². The minimum Gasteiger partial charge on any atom is -0.480 e. The van der Waals surface area contributed by atoms with Gasteiger partial charge in [-0.25, -0.2) is 0 Å². The third-order valence-corrected chi connectivity index (χ3v) is 5.78. The quantitative estimate of drug-likeness (QED) is 0.432. The molecule has 3 N–H and O–H groups in total. The zero-order valence-electron chi connectivity index (χ0n) is 16.1. The first-order chi connectivity index (χ1) is 13.2. The van der Waals surface area contributed by atoms with Crippen LogP contribution in [0.3, 0.4) is 0 Å². The lowest BCUT2D eigenvalue weighted by molar-refractivity contribution is -0.143. The van der Waals surface area contributed by atoms with Crippen molar-refractivity contribution in [3.05, 3.63) is 0 Å². The Morgan fingerprint density at radius 3 is 1.79 bits per heavy atom. The molecule has 1 heterocycles. The lowest BCUT2D eigenvalue weighted by Gasteiger charge is -2.42. The van der Waals surface area contributed by atoms with Crippen molar-refractivity contribution in [3.63, 3.8) is 0 Å². The van der Waals surface area contributed by atoms with Crippen molar-refractivity contribution in [3.8, 4) is 0 Å². The molecule has 2 fully saturated rings. The van der Waals surface area contributed by atoms with E-state index in [0.29, 0.717) is 6.29 Å². The van der Waals surface area contributed by atoms with Crippen LogP contribution in [0.2, 0.25) is 0 Å². The van der Waals surface area contributed by atoms with Gasteiger partial charge in [0.25, 0.3) is 0 Å². The highest BCUT2D eigenvalue weighted by Crippen LogP contribution is 2.34. The average Bonchev–Trinajstić information content (AvgIpc) is 2.69. The van der Waals surface area contributed by atoms with Gasteiger partial charge in [-0.2, -0.15) is 0 Å². The summed E-state index contributed by atoms with van der Waals surface area (Å²) in [4.78, 5) is 50.7. The minimum atomic E-state index is -1.10. The molecule has 28 heavy (non-hydrogen) atoms. The molecule has 0 spiro atoms. The number of aliphatic carboxylic acids is 3. The van der Waals surface area contributed by atoms with E-state index in [-0.39, 0.29) is 51.4 Å². The van der Waals surface area contributed by atoms with Gasteiger partial charge in [0.1, 0.15) is 6.29 Å². The molecule has 10 heteroatoms. The van der Waals surface area contributed by atoms with Gasteiger partial charge in [-0.15, -0.1) is 0 Å². The second-order valence-corrected chi connectivity index (χ2v) is 7.95. The molecule has 1 aliphatic heterocycles. The van der Waals surface area contributed by atoms with Crippen molar-refractivity contribution >= 4 is 24.2 Å². The van der Waals surface area contributed by atoms with Crippen LogP contribution in [0.25, 0.3) is 0 Å². The maximum Gasteiger partial charge on any atom is 0.317 e. The summed E-state index contributed by atoms with van der Waals surface area (Å²) in [7, 11) is 0. The molecule has 3 atom stereocenters. The lowest BCUT2D eigenvalue weighted by Crippen LogP contribution is -2.60. The summed E-state index contributed by atoms with van der Waals surface area (Å²) < 4.78 is 0. The maximum atomic E-state index is 11.5. The second-order valence-electron chi connectivity index (χ2n) is 7.95. The number of carbonyl (C=O) groups is 4. The molecular weight excluding hydrogens is 370 g/mol. The number of carboxylic acids is 3. The molecule has 10 nitrogen and oxygen atoms in total. The Morgan fingerprint density at radius 1 is 0.964 bits per heavy atom. The molecule has 0 bridgehead atoms. The van der Waals surface area contributed by atoms with Gasteiger partial charge in [-0.1, -0.05) is 12.8 Å². The predicted molar refractivity (Wildman–Crippen MR) is 98.1 cm³/mol. The minimum absolute atomic E-state index is 0.117. The van der Waals surface area contributed by atoms with Gasteiger partial charge in [-0.3, -0.25) is 29.1 Å². The zero-order chi connectivity index (χ0) is 20.9. The first kappa shape index (κ1) is 22.3. The molecular formula is C18H29N3O7. The number of carbonyl (C=O) groups excluding carboxylic acids is 1. The number of rotatable bonds is 9. The fourth-order valence-electron chi connectivity index (χ4n) is 4.73. The lowest BCUT2D eigenvalue weighted by atomic mass is 9.88. The topological polar surface area (TPSA) is 139 Å². The number of hydrogen-bond donors (Lipinski definition) is 3. The van der Waals surface area contributed by atoms with E-state index in [0.717, 1.165) is 25.7 Å². The fraction of sp³-hybridized carbons (Fsp3) is 0.778. The number of hydrogen-bond acceptors (Lipinski definition) is 7. The Morgan fingerprint density at radius 2 is 1.43 bits per heavy atom. The van der Waals surface area contributed by atoms with E-state index in [1.165, 1.54) is 4.90 Å². The van der Waals surface area contributed by atoms with Crippen LogP contribution in [0.1, 0.15) is 32.6 Å². The second kappa shape index (κ2) is 9.44. The molecule has 1 aliphatic carbocycles. The maximum absolute atomic E-state index is 11.5. The average molecular weight is 399 g/mol. The van der Waals surface area contributed by atoms with Gasteiger partial charge in [0.15, 0.2) is 0 Å². The van der Waals surface area contributed by atoms with Crippen LogP contribution in [-0.2, 0) is 19.2 Å². The van der Waals surface area contributed by atoms with E-state index in [2.05, 4.69) is 0 Å². The first-order valence-electron chi connectivity index (χ1n) is 9.48. The van der Waals surface area contributed by atoms with Crippen LogP contribution < -0.4 is 0 Å². The van der Waals surface area contributed by atoms with Crippen molar-refractivity contribution in [2.75, 3.05) is 39.3 Å². The summed E-state index contributed by atoms with van der Waals surface area (Å²) in [5.41, 5.74) is -0.887. The van der Waals surface area contributed by atoms with E-state index in [4.69, 9.17) is 0 Å². The molecule has 0 aromatic carbocycles. The molecule has 158 valence electrons. The van der Waals surface area contributed by atoms with Gasteiger partial charge in [0.2, 0.25) is 0 Å². The van der Waals surface area contributed by atoms with E-state index < -0.39 is 23.4 Å². The Bertz CT molecular complexity index is 578. The molecule has 0 aromatic rings. The van der Waals surface area contributed by atoms with Crippen LogP contribution in [0.4, 0.5) is 0 Å². The Kier molecular flexibility index (Phi) is 7.50. The highest BCUT2D eigenvalue weighted by atomic mass is 16.4. The van der Waals surface area contributed by atoms with Gasteiger partial charge >= 0.3 is 17.9 Å². The smallest absolute Gasteiger partial charge is 0.317 e. The summed E-state index contributed by atoms with van der Waals surface area (Å²) in [5, 5.41) is 28.1. The summed E-state index contributed by atoms with van der Waals surface area (Å²) in [6.07, 6.45) is 4.01. The summed E-state index contributed by atoms with van der Waals surface area (Å²) in [6, 6.07) is -0.233. The zero-order valence-corrected chi connectivity index (χ0v) is 16.1. The SMILES string of the molecule is CC1(N(CC=O)CC(=O)O)CN(CC(=O)O)[C@@H]2CCCC[C@@H]2N(CC(=O)O)C1. The van der Waals surface area contributed by atoms with E-state index in [1.807, 2.05) is 9.80 Å². The normalized spacial score (nSPS) is 29.1. The summed E-state index contributed by atoms with van der Waals surface area (Å²) >= 11 is 0. The van der Waals surface area contributed by atoms with Crippen molar-refractivity contribution in [2.24, 2.45) is 0 Å².